The minimum absolute atomic E-state index is 0.0219. The van der Waals surface area contributed by atoms with Gasteiger partial charge in [-0.1, -0.05) is 18.2 Å². The van der Waals surface area contributed by atoms with Crippen molar-refractivity contribution in [1.82, 2.24) is 10.3 Å². The third kappa shape index (κ3) is 4.82. The van der Waals surface area contributed by atoms with Gasteiger partial charge in [0.1, 0.15) is 6.10 Å². The van der Waals surface area contributed by atoms with Gasteiger partial charge in [-0.25, -0.2) is 9.59 Å². The number of esters is 1. The van der Waals surface area contributed by atoms with Gasteiger partial charge in [0.25, 0.3) is 0 Å². The number of aromatic nitrogens is 1. The van der Waals surface area contributed by atoms with Gasteiger partial charge in [0.2, 0.25) is 0 Å². The highest BCUT2D eigenvalue weighted by atomic mass is 19.4. The first-order chi connectivity index (χ1) is 13.2. The number of para-hydroxylation sites is 1. The number of nitrogens with one attached hydrogen (secondary N) is 2. The molecule has 2 unspecified atom stereocenters. The molecule has 10 heteroatoms. The molecule has 0 saturated carbocycles. The average Bonchev–Trinajstić information content (AvgIpc) is 3.05. The van der Waals surface area contributed by atoms with Crippen LogP contribution in [-0.2, 0) is 14.3 Å². The molecule has 2 atom stereocenters. The third-order valence-corrected chi connectivity index (χ3v) is 4.53. The Bertz CT molecular complexity index is 839. The number of fused-ring (bicyclic) bond motifs is 3. The van der Waals surface area contributed by atoms with E-state index < -0.39 is 12.1 Å². The van der Waals surface area contributed by atoms with E-state index >= 15 is 0 Å². The van der Waals surface area contributed by atoms with Gasteiger partial charge in [-0.2, -0.15) is 13.2 Å². The lowest BCUT2D eigenvalue weighted by molar-refractivity contribution is -0.192. The monoisotopic (exact) mass is 400 g/mol. The summed E-state index contributed by atoms with van der Waals surface area (Å²) < 4.78 is 43.0. The van der Waals surface area contributed by atoms with E-state index in [1.54, 1.807) is 6.20 Å². The van der Waals surface area contributed by atoms with Crippen molar-refractivity contribution in [1.29, 1.82) is 0 Å². The quantitative estimate of drug-likeness (QED) is 0.670. The fraction of sp³-hybridized carbons (Fsp3) is 0.444. The molecule has 1 aromatic heterocycles. The lowest BCUT2D eigenvalue weighted by Gasteiger charge is -2.39. The summed E-state index contributed by atoms with van der Waals surface area (Å²) in [6.45, 7) is 1.41. The summed E-state index contributed by atoms with van der Waals surface area (Å²) in [7, 11) is 0. The lowest BCUT2D eigenvalue weighted by atomic mass is 9.94. The summed E-state index contributed by atoms with van der Waals surface area (Å²) in [6, 6.07) is 8.38. The maximum absolute atomic E-state index is 12.4. The number of aromatic amines is 1. The number of ether oxygens (including phenoxy) is 2. The van der Waals surface area contributed by atoms with Gasteiger partial charge in [0, 0.05) is 42.0 Å². The van der Waals surface area contributed by atoms with Crippen molar-refractivity contribution >= 4 is 22.8 Å². The van der Waals surface area contributed by atoms with Crippen LogP contribution in [0, 0.1) is 0 Å². The second kappa shape index (κ2) is 8.19. The van der Waals surface area contributed by atoms with E-state index in [0.29, 0.717) is 30.9 Å². The molecule has 2 aliphatic heterocycles. The maximum Gasteiger partial charge on any atom is 0.490 e. The summed E-state index contributed by atoms with van der Waals surface area (Å²) in [6.07, 6.45) is -1.72. The molecular formula is C18H19F3N2O5. The van der Waals surface area contributed by atoms with Crippen LogP contribution < -0.4 is 5.32 Å². The molecule has 2 fully saturated rings. The smallest absolute Gasteiger partial charge is 0.475 e. The average molecular weight is 400 g/mol. The molecule has 3 N–H and O–H groups in total. The zero-order valence-electron chi connectivity index (χ0n) is 14.7. The molecule has 7 nitrogen and oxygen atoms in total. The Balaban J connectivity index is 0.000000279. The van der Waals surface area contributed by atoms with E-state index in [1.165, 1.54) is 0 Å². The summed E-state index contributed by atoms with van der Waals surface area (Å²) in [5.74, 6) is -2.99. The minimum Gasteiger partial charge on any atom is -0.475 e. The molecule has 1 aromatic carbocycles. The summed E-state index contributed by atoms with van der Waals surface area (Å²) >= 11 is 0. The van der Waals surface area contributed by atoms with E-state index in [9.17, 15) is 18.0 Å². The van der Waals surface area contributed by atoms with Crippen molar-refractivity contribution < 1.29 is 37.3 Å². The van der Waals surface area contributed by atoms with Gasteiger partial charge in [-0.15, -0.1) is 0 Å². The maximum atomic E-state index is 12.4. The Morgan fingerprint density at radius 2 is 1.75 bits per heavy atom. The second-order valence-corrected chi connectivity index (χ2v) is 6.65. The molecule has 28 heavy (non-hydrogen) atoms. The number of carbonyl (C=O) groups is 2. The van der Waals surface area contributed by atoms with Crippen LogP contribution in [0.25, 0.3) is 10.9 Å². The van der Waals surface area contributed by atoms with Crippen LogP contribution in [0.5, 0.6) is 0 Å². The largest absolute Gasteiger partial charge is 0.490 e. The number of piperidine rings is 1. The van der Waals surface area contributed by atoms with Gasteiger partial charge < -0.3 is 24.9 Å². The lowest BCUT2D eigenvalue weighted by Crippen LogP contribution is -2.56. The Kier molecular flexibility index (Phi) is 5.90. The van der Waals surface area contributed by atoms with Crippen molar-refractivity contribution in [3.05, 3.63) is 36.0 Å². The predicted molar refractivity (Wildman–Crippen MR) is 92.0 cm³/mol. The van der Waals surface area contributed by atoms with Crippen molar-refractivity contribution in [3.8, 4) is 0 Å². The van der Waals surface area contributed by atoms with Crippen molar-refractivity contribution in [3.63, 3.8) is 0 Å². The zero-order chi connectivity index (χ0) is 20.3. The number of carboxylic acid groups (broad SMARTS) is 1. The van der Waals surface area contributed by atoms with Crippen LogP contribution >= 0.6 is 0 Å². The number of rotatable bonds is 2. The van der Waals surface area contributed by atoms with Crippen LogP contribution in [0.1, 0.15) is 23.2 Å². The number of carbonyl (C=O) groups excluding carboxylic acids is 1. The number of morpholine rings is 1. The SMILES string of the molecule is O=C(O)C(F)(F)F.O=C(OC1CC2COCC(C1)N2)c1c[nH]c2ccccc12. The Labute approximate surface area is 157 Å². The fourth-order valence-electron chi connectivity index (χ4n) is 3.34. The molecule has 2 saturated heterocycles. The number of aliphatic carboxylic acids is 1. The molecule has 2 aliphatic rings. The Hall–Kier alpha value is -2.59. The van der Waals surface area contributed by atoms with E-state index in [-0.39, 0.29) is 12.1 Å². The van der Waals surface area contributed by atoms with Crippen molar-refractivity contribution in [2.24, 2.45) is 0 Å². The van der Waals surface area contributed by atoms with E-state index in [1.807, 2.05) is 24.3 Å². The van der Waals surface area contributed by atoms with E-state index in [0.717, 1.165) is 23.7 Å². The van der Waals surface area contributed by atoms with Gasteiger partial charge in [-0.05, 0) is 6.07 Å². The summed E-state index contributed by atoms with van der Waals surface area (Å²) in [4.78, 5) is 24.4. The van der Waals surface area contributed by atoms with Gasteiger partial charge in [0.15, 0.2) is 0 Å². The first kappa shape index (κ1) is 20.2. The number of halogens is 3. The number of H-pyrrole nitrogens is 1. The van der Waals surface area contributed by atoms with Gasteiger partial charge >= 0.3 is 18.1 Å². The summed E-state index contributed by atoms with van der Waals surface area (Å²) in [5, 5.41) is 11.5. The van der Waals surface area contributed by atoms with Crippen LogP contribution in [-0.4, -0.2) is 59.6 Å². The number of hydrogen-bond donors (Lipinski definition) is 3. The Morgan fingerprint density at radius 1 is 1.14 bits per heavy atom. The highest BCUT2D eigenvalue weighted by Crippen LogP contribution is 2.24. The molecule has 0 spiro atoms. The predicted octanol–water partition coefficient (Wildman–Crippen LogP) is 2.48. The normalized spacial score (nSPS) is 24.2. The molecule has 152 valence electrons. The minimum atomic E-state index is -5.08. The molecule has 2 bridgehead atoms. The second-order valence-electron chi connectivity index (χ2n) is 6.65. The van der Waals surface area contributed by atoms with Crippen LogP contribution in [0.2, 0.25) is 0 Å². The summed E-state index contributed by atoms with van der Waals surface area (Å²) in [5.41, 5.74) is 1.57. The number of carboxylic acids is 1. The van der Waals surface area contributed by atoms with E-state index in [4.69, 9.17) is 19.4 Å². The number of alkyl halides is 3. The zero-order valence-corrected chi connectivity index (χ0v) is 14.7. The highest BCUT2D eigenvalue weighted by Gasteiger charge is 2.38. The highest BCUT2D eigenvalue weighted by molar-refractivity contribution is 6.04. The number of benzene rings is 1. The molecule has 0 aliphatic carbocycles. The fourth-order valence-corrected chi connectivity index (χ4v) is 3.34. The molecule has 0 amide bonds. The van der Waals surface area contributed by atoms with Crippen LogP contribution in [0.3, 0.4) is 0 Å². The van der Waals surface area contributed by atoms with Crippen molar-refractivity contribution in [2.75, 3.05) is 13.2 Å². The number of hydrogen-bond acceptors (Lipinski definition) is 5. The third-order valence-electron chi connectivity index (χ3n) is 4.53. The van der Waals surface area contributed by atoms with Gasteiger partial charge in [-0.3, -0.25) is 0 Å². The first-order valence-electron chi connectivity index (χ1n) is 8.65. The van der Waals surface area contributed by atoms with Crippen LogP contribution in [0.4, 0.5) is 13.2 Å². The Morgan fingerprint density at radius 3 is 2.36 bits per heavy atom. The standard InChI is InChI=1S/C16H18N2O3.C2HF3O2/c19-16(14-7-17-15-4-2-1-3-13(14)15)21-12-5-10-8-20-9-11(6-12)18-10;3-2(4,5)1(6)7/h1-4,7,10-12,17-18H,5-6,8-9H2;(H,6,7). The molecule has 0 radical (unpaired) electrons. The molecule has 3 heterocycles. The topological polar surface area (TPSA) is 101 Å². The van der Waals surface area contributed by atoms with E-state index in [2.05, 4.69) is 10.3 Å². The van der Waals surface area contributed by atoms with Gasteiger partial charge in [0.05, 0.1) is 18.8 Å². The molecular weight excluding hydrogens is 381 g/mol. The molecule has 4 rings (SSSR count). The van der Waals surface area contributed by atoms with Crippen LogP contribution in [0.15, 0.2) is 30.5 Å². The first-order valence-corrected chi connectivity index (χ1v) is 8.65. The molecule has 2 aromatic rings. The van der Waals surface area contributed by atoms with Crippen molar-refractivity contribution in [2.45, 2.75) is 37.2 Å².